The molecule has 2 aromatic carbocycles. The summed E-state index contributed by atoms with van der Waals surface area (Å²) in [5, 5.41) is 3.11. The molecule has 0 aliphatic heterocycles. The average molecular weight is 401 g/mol. The Morgan fingerprint density at radius 3 is 2.37 bits per heavy atom. The van der Waals surface area contributed by atoms with E-state index in [9.17, 15) is 26.0 Å². The number of alkyl halides is 3. The summed E-state index contributed by atoms with van der Waals surface area (Å²) in [6.45, 7) is -0.214. The first-order valence-electron chi connectivity index (χ1n) is 7.41. The second-order valence-electron chi connectivity index (χ2n) is 5.37. The first-order chi connectivity index (χ1) is 12.7. The highest BCUT2D eigenvalue weighted by Gasteiger charge is 2.38. The summed E-state index contributed by atoms with van der Waals surface area (Å²) in [6, 6.07) is 11.1. The van der Waals surface area contributed by atoms with Crippen molar-refractivity contribution in [3.05, 3.63) is 65.8 Å². The lowest BCUT2D eigenvalue weighted by molar-refractivity contribution is -0.159. The summed E-state index contributed by atoms with van der Waals surface area (Å²) in [5.41, 5.74) is -0.0424. The molecule has 11 heteroatoms. The topological polar surface area (TPSA) is 85.1 Å². The first-order valence-corrected chi connectivity index (χ1v) is 8.89. The maximum Gasteiger partial charge on any atom is 0.471 e. The van der Waals surface area contributed by atoms with Gasteiger partial charge in [-0.2, -0.15) is 18.2 Å². The lowest BCUT2D eigenvalue weighted by Crippen LogP contribution is -2.23. The van der Waals surface area contributed by atoms with Crippen LogP contribution in [0.3, 0.4) is 0 Å². The van der Waals surface area contributed by atoms with Crippen molar-refractivity contribution in [2.24, 2.45) is 0 Å². The Labute approximate surface area is 150 Å². The molecule has 0 amide bonds. The van der Waals surface area contributed by atoms with Crippen LogP contribution in [-0.2, 0) is 22.7 Å². The molecule has 0 aliphatic rings. The van der Waals surface area contributed by atoms with Gasteiger partial charge < -0.3 is 4.52 Å². The van der Waals surface area contributed by atoms with Crippen LogP contribution >= 0.6 is 0 Å². The molecular formula is C16H11F4N3O3S. The van der Waals surface area contributed by atoms with E-state index in [0.29, 0.717) is 0 Å². The average Bonchev–Trinajstić information content (AvgIpc) is 3.11. The lowest BCUT2D eigenvalue weighted by Gasteiger charge is -2.07. The maximum absolute atomic E-state index is 14.2. The Kier molecular flexibility index (Phi) is 4.98. The summed E-state index contributed by atoms with van der Waals surface area (Å²) in [6.07, 6.45) is -4.84. The second kappa shape index (κ2) is 7.08. The second-order valence-corrected chi connectivity index (χ2v) is 7.14. The van der Waals surface area contributed by atoms with Gasteiger partial charge in [-0.15, -0.1) is 0 Å². The highest BCUT2D eigenvalue weighted by atomic mass is 32.2. The van der Waals surface area contributed by atoms with Gasteiger partial charge in [-0.05, 0) is 29.8 Å². The van der Waals surface area contributed by atoms with E-state index in [1.165, 1.54) is 18.2 Å². The molecule has 0 spiro atoms. The molecule has 0 saturated carbocycles. The minimum Gasteiger partial charge on any atom is -0.329 e. The molecule has 3 aromatic rings. The Morgan fingerprint density at radius 1 is 1.07 bits per heavy atom. The van der Waals surface area contributed by atoms with Crippen molar-refractivity contribution in [1.29, 1.82) is 0 Å². The van der Waals surface area contributed by atoms with E-state index in [2.05, 4.69) is 19.4 Å². The van der Waals surface area contributed by atoms with Crippen LogP contribution in [0.5, 0.6) is 0 Å². The van der Waals surface area contributed by atoms with Gasteiger partial charge in [-0.25, -0.2) is 17.5 Å². The van der Waals surface area contributed by atoms with E-state index in [1.807, 2.05) is 0 Å². The van der Waals surface area contributed by atoms with Gasteiger partial charge in [0.25, 0.3) is 0 Å². The van der Waals surface area contributed by atoms with E-state index >= 15 is 0 Å². The molecule has 3 rings (SSSR count). The van der Waals surface area contributed by atoms with Gasteiger partial charge in [0.2, 0.25) is 15.8 Å². The van der Waals surface area contributed by atoms with E-state index in [0.717, 1.165) is 12.1 Å². The summed E-state index contributed by atoms with van der Waals surface area (Å²) in [5.74, 6) is -3.06. The number of benzene rings is 2. The smallest absolute Gasteiger partial charge is 0.329 e. The number of hydrogen-bond donors (Lipinski definition) is 1. The minimum atomic E-state index is -4.84. The molecule has 27 heavy (non-hydrogen) atoms. The van der Waals surface area contributed by atoms with Crippen LogP contribution in [-0.4, -0.2) is 18.6 Å². The number of sulfonamides is 1. The molecule has 1 N–H and O–H groups in total. The fourth-order valence-corrected chi connectivity index (χ4v) is 3.20. The van der Waals surface area contributed by atoms with Crippen LogP contribution in [0.2, 0.25) is 0 Å². The highest BCUT2D eigenvalue weighted by Crippen LogP contribution is 2.30. The summed E-state index contributed by atoms with van der Waals surface area (Å²) in [4.78, 5) is 3.16. The molecule has 0 unspecified atom stereocenters. The first kappa shape index (κ1) is 19.0. The fourth-order valence-electron chi connectivity index (χ4n) is 2.16. The molecule has 6 nitrogen and oxygen atoms in total. The van der Waals surface area contributed by atoms with Crippen LogP contribution in [0.1, 0.15) is 11.5 Å². The van der Waals surface area contributed by atoms with Gasteiger partial charge in [0.1, 0.15) is 5.82 Å². The number of nitrogens with zero attached hydrogens (tertiary/aromatic N) is 2. The molecular weight excluding hydrogens is 390 g/mol. The third-order valence-electron chi connectivity index (χ3n) is 3.46. The zero-order valence-corrected chi connectivity index (χ0v) is 14.2. The van der Waals surface area contributed by atoms with E-state index in [4.69, 9.17) is 0 Å². The Hall–Kier alpha value is -2.79. The Morgan fingerprint density at radius 2 is 1.78 bits per heavy atom. The zero-order valence-electron chi connectivity index (χ0n) is 13.4. The SMILES string of the molecule is O=S(=O)(NCc1ccc(-c2noc(C(F)(F)F)n2)c(F)c1)c1ccccc1. The van der Waals surface area contributed by atoms with Gasteiger partial charge >= 0.3 is 12.1 Å². The van der Waals surface area contributed by atoms with Crippen LogP contribution in [0.15, 0.2) is 57.9 Å². The number of nitrogens with one attached hydrogen (secondary N) is 1. The lowest BCUT2D eigenvalue weighted by atomic mass is 10.1. The van der Waals surface area contributed by atoms with Gasteiger partial charge in [0, 0.05) is 6.54 Å². The molecule has 142 valence electrons. The minimum absolute atomic E-state index is 0.0496. The van der Waals surface area contributed by atoms with Crippen LogP contribution in [0, 0.1) is 5.82 Å². The van der Waals surface area contributed by atoms with Crippen LogP contribution < -0.4 is 4.72 Å². The maximum atomic E-state index is 14.2. The summed E-state index contributed by atoms with van der Waals surface area (Å²) >= 11 is 0. The number of halogens is 4. The van der Waals surface area contributed by atoms with Gasteiger partial charge in [0.05, 0.1) is 10.5 Å². The van der Waals surface area contributed by atoms with Crippen molar-refractivity contribution in [3.8, 4) is 11.4 Å². The van der Waals surface area contributed by atoms with E-state index < -0.39 is 33.7 Å². The predicted octanol–water partition coefficient (Wildman–Crippen LogP) is 3.37. The Balaban J connectivity index is 1.76. The van der Waals surface area contributed by atoms with Gasteiger partial charge in [0.15, 0.2) is 0 Å². The molecule has 0 aliphatic carbocycles. The quantitative estimate of drug-likeness (QED) is 0.663. The predicted molar refractivity (Wildman–Crippen MR) is 85.2 cm³/mol. The zero-order chi connectivity index (χ0) is 19.7. The third kappa shape index (κ3) is 4.31. The highest BCUT2D eigenvalue weighted by molar-refractivity contribution is 7.89. The summed E-state index contributed by atoms with van der Waals surface area (Å²) in [7, 11) is -3.78. The van der Waals surface area contributed by atoms with Crippen molar-refractivity contribution in [2.75, 3.05) is 0 Å². The van der Waals surface area contributed by atoms with E-state index in [1.54, 1.807) is 18.2 Å². The number of aromatic nitrogens is 2. The standard InChI is InChI=1S/C16H11F4N3O3S/c17-13-8-10(9-21-27(24,25)11-4-2-1-3-5-11)6-7-12(13)14-22-15(26-23-14)16(18,19)20/h1-8,21H,9H2. The molecule has 0 bridgehead atoms. The summed E-state index contributed by atoms with van der Waals surface area (Å²) < 4.78 is 82.3. The van der Waals surface area contributed by atoms with Crippen LogP contribution in [0.25, 0.3) is 11.4 Å². The van der Waals surface area contributed by atoms with Crippen molar-refractivity contribution >= 4 is 10.0 Å². The van der Waals surface area contributed by atoms with Crippen molar-refractivity contribution < 1.29 is 30.5 Å². The van der Waals surface area contributed by atoms with Crippen molar-refractivity contribution in [3.63, 3.8) is 0 Å². The monoisotopic (exact) mass is 401 g/mol. The largest absolute Gasteiger partial charge is 0.471 e. The number of rotatable bonds is 5. The van der Waals surface area contributed by atoms with Gasteiger partial charge in [-0.3, -0.25) is 0 Å². The number of hydrogen-bond acceptors (Lipinski definition) is 5. The van der Waals surface area contributed by atoms with Gasteiger partial charge in [-0.1, -0.05) is 29.4 Å². The normalized spacial score (nSPS) is 12.3. The molecule has 0 radical (unpaired) electrons. The molecule has 1 aromatic heterocycles. The van der Waals surface area contributed by atoms with Crippen LogP contribution in [0.4, 0.5) is 17.6 Å². The third-order valence-corrected chi connectivity index (χ3v) is 4.88. The van der Waals surface area contributed by atoms with Crippen molar-refractivity contribution in [1.82, 2.24) is 14.9 Å². The fraction of sp³-hybridized carbons (Fsp3) is 0.125. The molecule has 0 fully saturated rings. The molecule has 1 heterocycles. The van der Waals surface area contributed by atoms with Crippen molar-refractivity contribution in [2.45, 2.75) is 17.6 Å². The molecule has 0 saturated heterocycles. The van der Waals surface area contributed by atoms with E-state index in [-0.39, 0.29) is 22.6 Å². The molecule has 0 atom stereocenters. The Bertz CT molecular complexity index is 1050.